The molecule has 1 heterocycles. The summed E-state index contributed by atoms with van der Waals surface area (Å²) in [6.45, 7) is 3.41. The zero-order valence-electron chi connectivity index (χ0n) is 17.6. The van der Waals surface area contributed by atoms with Crippen LogP contribution in [0.25, 0.3) is 16.5 Å². The van der Waals surface area contributed by atoms with Crippen LogP contribution in [0.3, 0.4) is 0 Å². The topological polar surface area (TPSA) is 102 Å². The molecule has 3 aromatic carbocycles. The molecule has 1 unspecified atom stereocenters. The van der Waals surface area contributed by atoms with E-state index in [1.54, 1.807) is 18.2 Å². The van der Waals surface area contributed by atoms with Crippen molar-refractivity contribution in [3.63, 3.8) is 0 Å². The summed E-state index contributed by atoms with van der Waals surface area (Å²) in [4.78, 5) is 23.9. The van der Waals surface area contributed by atoms with Crippen molar-refractivity contribution in [3.8, 4) is 5.69 Å². The quantitative estimate of drug-likeness (QED) is 0.419. The highest BCUT2D eigenvalue weighted by Gasteiger charge is 2.14. The van der Waals surface area contributed by atoms with E-state index in [0.717, 1.165) is 10.9 Å². The Morgan fingerprint density at radius 2 is 1.84 bits per heavy atom. The summed E-state index contributed by atoms with van der Waals surface area (Å²) < 4.78 is 1.54. The first kappa shape index (κ1) is 21.5. The number of nitrogens with zero attached hydrogens (tertiary/aromatic N) is 4. The van der Waals surface area contributed by atoms with E-state index >= 15 is 0 Å². The molecule has 0 spiro atoms. The number of hydrogen-bond donors (Lipinski definition) is 2. The molecule has 1 atom stereocenters. The largest absolute Gasteiger partial charge is 0.349 e. The molecule has 0 radical (unpaired) electrons. The van der Waals surface area contributed by atoms with Gasteiger partial charge in [0.05, 0.1) is 17.5 Å². The summed E-state index contributed by atoms with van der Waals surface area (Å²) in [7, 11) is 0. The molecule has 0 fully saturated rings. The van der Waals surface area contributed by atoms with E-state index in [9.17, 15) is 9.59 Å². The second-order valence-corrected chi connectivity index (χ2v) is 8.23. The Hall–Kier alpha value is -3.72. The second kappa shape index (κ2) is 9.61. The summed E-state index contributed by atoms with van der Waals surface area (Å²) in [6.07, 6.45) is 0. The maximum atomic E-state index is 12.6. The molecule has 9 heteroatoms. The van der Waals surface area contributed by atoms with Crippen molar-refractivity contribution in [2.75, 3.05) is 11.1 Å². The lowest BCUT2D eigenvalue weighted by molar-refractivity contribution is -0.119. The number of fused-ring (bicyclic) bond motifs is 1. The van der Waals surface area contributed by atoms with E-state index < -0.39 is 0 Å². The lowest BCUT2D eigenvalue weighted by Crippen LogP contribution is -2.28. The molecule has 4 rings (SSSR count). The van der Waals surface area contributed by atoms with Gasteiger partial charge in [0, 0.05) is 12.6 Å². The highest BCUT2D eigenvalue weighted by molar-refractivity contribution is 7.99. The number of tetrazole rings is 1. The Kier molecular flexibility index (Phi) is 6.46. The van der Waals surface area contributed by atoms with Crippen molar-refractivity contribution in [1.29, 1.82) is 0 Å². The fourth-order valence-corrected chi connectivity index (χ4v) is 4.03. The number of rotatable bonds is 7. The average molecular weight is 447 g/mol. The first-order valence-electron chi connectivity index (χ1n) is 10.1. The van der Waals surface area contributed by atoms with Crippen molar-refractivity contribution in [2.45, 2.75) is 25.0 Å². The minimum Gasteiger partial charge on any atom is -0.349 e. The van der Waals surface area contributed by atoms with Gasteiger partial charge in [-0.25, -0.2) is 0 Å². The molecule has 0 aliphatic carbocycles. The van der Waals surface area contributed by atoms with Gasteiger partial charge >= 0.3 is 0 Å². The maximum absolute atomic E-state index is 12.6. The Morgan fingerprint density at radius 3 is 2.66 bits per heavy atom. The number of amides is 2. The fraction of sp³-hybridized carbons (Fsp3) is 0.174. The summed E-state index contributed by atoms with van der Waals surface area (Å²) in [5, 5.41) is 20.3. The van der Waals surface area contributed by atoms with Crippen molar-refractivity contribution < 1.29 is 9.59 Å². The number of aromatic nitrogens is 4. The first-order valence-corrected chi connectivity index (χ1v) is 11.1. The molecule has 0 aliphatic rings. The molecule has 0 saturated carbocycles. The van der Waals surface area contributed by atoms with Gasteiger partial charge in [0.25, 0.3) is 0 Å². The zero-order valence-corrected chi connectivity index (χ0v) is 18.5. The van der Waals surface area contributed by atoms with Crippen LogP contribution in [0.5, 0.6) is 0 Å². The number of thioether (sulfide) groups is 1. The lowest BCUT2D eigenvalue weighted by atomic mass is 10.0. The molecule has 2 amide bonds. The van der Waals surface area contributed by atoms with Crippen LogP contribution in [0.2, 0.25) is 0 Å². The average Bonchev–Trinajstić information content (AvgIpc) is 3.26. The van der Waals surface area contributed by atoms with Crippen LogP contribution in [0, 0.1) is 0 Å². The van der Waals surface area contributed by atoms with Gasteiger partial charge in [-0.15, -0.1) is 5.10 Å². The third kappa shape index (κ3) is 5.12. The minimum atomic E-state index is -0.161. The SMILES string of the molecule is CC(=O)Nc1cccc(-n2nnnc2SCC(=O)NC(C)c2ccc3ccccc3c2)c1. The van der Waals surface area contributed by atoms with Gasteiger partial charge in [-0.2, -0.15) is 4.68 Å². The molecular weight excluding hydrogens is 424 g/mol. The number of hydrogen-bond acceptors (Lipinski definition) is 6. The molecule has 0 saturated heterocycles. The normalized spacial score (nSPS) is 11.8. The second-order valence-electron chi connectivity index (χ2n) is 7.29. The first-order chi connectivity index (χ1) is 15.5. The summed E-state index contributed by atoms with van der Waals surface area (Å²) in [6, 6.07) is 21.4. The van der Waals surface area contributed by atoms with Crippen molar-refractivity contribution in [2.24, 2.45) is 0 Å². The molecule has 1 aromatic heterocycles. The van der Waals surface area contributed by atoms with Crippen LogP contribution in [-0.4, -0.2) is 37.8 Å². The van der Waals surface area contributed by atoms with Gasteiger partial charge in [0.2, 0.25) is 17.0 Å². The number of benzene rings is 3. The molecule has 32 heavy (non-hydrogen) atoms. The highest BCUT2D eigenvalue weighted by Crippen LogP contribution is 2.22. The van der Waals surface area contributed by atoms with Crippen LogP contribution >= 0.6 is 11.8 Å². The van der Waals surface area contributed by atoms with Crippen LogP contribution < -0.4 is 10.6 Å². The standard InChI is InChI=1S/C23H22N6O2S/c1-15(18-11-10-17-6-3-4-7-19(17)12-18)24-22(31)14-32-23-26-27-28-29(23)21-9-5-8-20(13-21)25-16(2)30/h3-13,15H,14H2,1-2H3,(H,24,31)(H,25,30). The Labute approximate surface area is 189 Å². The van der Waals surface area contributed by atoms with Gasteiger partial charge < -0.3 is 10.6 Å². The Bertz CT molecular complexity index is 1270. The number of anilines is 1. The summed E-state index contributed by atoms with van der Waals surface area (Å²) >= 11 is 1.24. The smallest absolute Gasteiger partial charge is 0.230 e. The van der Waals surface area contributed by atoms with E-state index in [2.05, 4.69) is 50.4 Å². The minimum absolute atomic E-state index is 0.114. The van der Waals surface area contributed by atoms with Crippen molar-refractivity contribution in [1.82, 2.24) is 25.5 Å². The summed E-state index contributed by atoms with van der Waals surface area (Å²) in [5.41, 5.74) is 2.37. The van der Waals surface area contributed by atoms with Gasteiger partial charge in [0.15, 0.2) is 0 Å². The van der Waals surface area contributed by atoms with E-state index in [1.165, 1.54) is 28.8 Å². The molecule has 2 N–H and O–H groups in total. The third-order valence-corrected chi connectivity index (χ3v) is 5.75. The monoisotopic (exact) mass is 446 g/mol. The molecule has 0 aliphatic heterocycles. The number of carbonyl (C=O) groups is 2. The van der Waals surface area contributed by atoms with E-state index in [0.29, 0.717) is 16.5 Å². The van der Waals surface area contributed by atoms with Gasteiger partial charge in [-0.3, -0.25) is 9.59 Å². The van der Waals surface area contributed by atoms with Crippen LogP contribution in [0.4, 0.5) is 5.69 Å². The fourth-order valence-electron chi connectivity index (χ4n) is 3.32. The third-order valence-electron chi connectivity index (χ3n) is 4.84. The Balaban J connectivity index is 1.39. The van der Waals surface area contributed by atoms with Crippen LogP contribution in [0.1, 0.15) is 25.5 Å². The number of nitrogens with one attached hydrogen (secondary N) is 2. The predicted octanol–water partition coefficient (Wildman–Crippen LogP) is 3.74. The van der Waals surface area contributed by atoms with Crippen molar-refractivity contribution >= 4 is 40.0 Å². The van der Waals surface area contributed by atoms with E-state index in [1.807, 2.05) is 31.2 Å². The van der Waals surface area contributed by atoms with E-state index in [-0.39, 0.29) is 23.6 Å². The number of carbonyl (C=O) groups excluding carboxylic acids is 2. The van der Waals surface area contributed by atoms with Gasteiger partial charge in [-0.1, -0.05) is 54.2 Å². The zero-order chi connectivity index (χ0) is 22.5. The lowest BCUT2D eigenvalue weighted by Gasteiger charge is -2.15. The van der Waals surface area contributed by atoms with Crippen LogP contribution in [-0.2, 0) is 9.59 Å². The Morgan fingerprint density at radius 1 is 1.03 bits per heavy atom. The predicted molar refractivity (Wildman–Crippen MR) is 125 cm³/mol. The van der Waals surface area contributed by atoms with E-state index in [4.69, 9.17) is 0 Å². The molecular formula is C23H22N6O2S. The molecule has 162 valence electrons. The molecule has 4 aromatic rings. The van der Waals surface area contributed by atoms with Crippen LogP contribution in [0.15, 0.2) is 71.9 Å². The van der Waals surface area contributed by atoms with Crippen molar-refractivity contribution in [3.05, 3.63) is 72.3 Å². The highest BCUT2D eigenvalue weighted by atomic mass is 32.2. The van der Waals surface area contributed by atoms with Gasteiger partial charge in [-0.05, 0) is 58.0 Å². The maximum Gasteiger partial charge on any atom is 0.230 e. The molecule has 8 nitrogen and oxygen atoms in total. The summed E-state index contributed by atoms with van der Waals surface area (Å²) in [5.74, 6) is -0.105. The molecule has 0 bridgehead atoms. The van der Waals surface area contributed by atoms with Gasteiger partial charge in [0.1, 0.15) is 0 Å².